The van der Waals surface area contributed by atoms with Crippen molar-refractivity contribution in [3.63, 3.8) is 0 Å². The molecule has 0 saturated heterocycles. The maximum Gasteiger partial charge on any atom is 0.158 e. The van der Waals surface area contributed by atoms with Crippen molar-refractivity contribution in [3.05, 3.63) is 24.3 Å². The van der Waals surface area contributed by atoms with E-state index in [-0.39, 0.29) is 5.84 Å². The molecule has 0 heterocycles. The summed E-state index contributed by atoms with van der Waals surface area (Å²) in [6, 6.07) is 7.88. The largest absolute Gasteiger partial charge is 0.409 e. The average molecular weight is 211 g/mol. The van der Waals surface area contributed by atoms with Crippen LogP contribution in [0.5, 0.6) is 0 Å². The van der Waals surface area contributed by atoms with Crippen molar-refractivity contribution < 1.29 is 5.21 Å². The molecule has 0 saturated carbocycles. The molecule has 0 aliphatic heterocycles. The van der Waals surface area contributed by atoms with Gasteiger partial charge in [0, 0.05) is 10.6 Å². The zero-order valence-electron chi connectivity index (χ0n) is 7.90. The molecule has 5 heteroatoms. The van der Waals surface area contributed by atoms with E-state index in [1.54, 1.807) is 11.8 Å². The number of thioether (sulfide) groups is 1. The summed E-state index contributed by atoms with van der Waals surface area (Å²) in [5, 5.41) is 14.3. The maximum atomic E-state index is 8.36. The monoisotopic (exact) mass is 211 g/mol. The SMILES string of the molecule is CSc1ccccc1NC/C(N)=N/O. The van der Waals surface area contributed by atoms with Gasteiger partial charge in [0.1, 0.15) is 0 Å². The van der Waals surface area contributed by atoms with Crippen molar-refractivity contribution in [2.24, 2.45) is 10.9 Å². The van der Waals surface area contributed by atoms with Crippen molar-refractivity contribution >= 4 is 23.3 Å². The third-order valence-corrected chi connectivity index (χ3v) is 2.49. The van der Waals surface area contributed by atoms with Gasteiger partial charge in [-0.1, -0.05) is 17.3 Å². The highest BCUT2D eigenvalue weighted by molar-refractivity contribution is 7.98. The normalized spacial score (nSPS) is 11.4. The second-order valence-corrected chi connectivity index (χ2v) is 3.49. The first-order valence-corrected chi connectivity index (χ1v) is 5.33. The Morgan fingerprint density at radius 3 is 2.93 bits per heavy atom. The van der Waals surface area contributed by atoms with E-state index in [1.165, 1.54) is 0 Å². The predicted molar refractivity (Wildman–Crippen MR) is 60.1 cm³/mol. The lowest BCUT2D eigenvalue weighted by molar-refractivity contribution is 0.317. The fourth-order valence-electron chi connectivity index (χ4n) is 1.01. The highest BCUT2D eigenvalue weighted by Gasteiger charge is 1.99. The maximum absolute atomic E-state index is 8.36. The molecule has 1 aromatic rings. The van der Waals surface area contributed by atoms with Gasteiger partial charge in [-0.25, -0.2) is 0 Å². The van der Waals surface area contributed by atoms with Crippen LogP contribution in [0, 0.1) is 0 Å². The van der Waals surface area contributed by atoms with Gasteiger partial charge in [-0.3, -0.25) is 0 Å². The van der Waals surface area contributed by atoms with E-state index in [4.69, 9.17) is 10.9 Å². The van der Waals surface area contributed by atoms with Gasteiger partial charge in [-0.2, -0.15) is 0 Å². The van der Waals surface area contributed by atoms with Gasteiger partial charge < -0.3 is 16.3 Å². The molecular formula is C9H13N3OS. The molecule has 0 aliphatic carbocycles. The van der Waals surface area contributed by atoms with Crippen LogP contribution in [0.4, 0.5) is 5.69 Å². The number of oxime groups is 1. The summed E-state index contributed by atoms with van der Waals surface area (Å²) in [5.41, 5.74) is 6.34. The Bertz CT molecular complexity index is 328. The molecule has 1 aromatic carbocycles. The lowest BCUT2D eigenvalue weighted by atomic mass is 10.3. The lowest BCUT2D eigenvalue weighted by Gasteiger charge is -2.08. The standard InChI is InChI=1S/C9H13N3OS/c1-14-8-5-3-2-4-7(8)11-6-9(10)12-13/h2-5,11,13H,6H2,1H3,(H2,10,12). The van der Waals surface area contributed by atoms with Crippen LogP contribution < -0.4 is 11.1 Å². The average Bonchev–Trinajstić information content (AvgIpc) is 2.26. The molecule has 0 radical (unpaired) electrons. The van der Waals surface area contributed by atoms with E-state index >= 15 is 0 Å². The van der Waals surface area contributed by atoms with Gasteiger partial charge >= 0.3 is 0 Å². The first kappa shape index (κ1) is 10.7. The molecule has 0 aliphatic rings. The predicted octanol–water partition coefficient (Wildman–Crippen LogP) is 1.57. The molecule has 1 rings (SSSR count). The third kappa shape index (κ3) is 2.85. The van der Waals surface area contributed by atoms with Crippen LogP contribution in [0.25, 0.3) is 0 Å². The summed E-state index contributed by atoms with van der Waals surface area (Å²) in [6.07, 6.45) is 2.00. The molecule has 4 nitrogen and oxygen atoms in total. The molecule has 0 spiro atoms. The van der Waals surface area contributed by atoms with Crippen LogP contribution >= 0.6 is 11.8 Å². The second-order valence-electron chi connectivity index (χ2n) is 2.65. The van der Waals surface area contributed by atoms with E-state index in [0.717, 1.165) is 10.6 Å². The van der Waals surface area contributed by atoms with E-state index in [9.17, 15) is 0 Å². The van der Waals surface area contributed by atoms with Crippen LogP contribution in [-0.4, -0.2) is 23.8 Å². The first-order valence-electron chi connectivity index (χ1n) is 4.11. The second kappa shape index (κ2) is 5.39. The molecule has 76 valence electrons. The molecule has 0 atom stereocenters. The molecule has 0 amide bonds. The van der Waals surface area contributed by atoms with E-state index in [2.05, 4.69) is 10.5 Å². The van der Waals surface area contributed by atoms with E-state index in [0.29, 0.717) is 6.54 Å². The minimum absolute atomic E-state index is 0.168. The van der Waals surface area contributed by atoms with Crippen LogP contribution in [0.2, 0.25) is 0 Å². The number of nitrogens with one attached hydrogen (secondary N) is 1. The van der Waals surface area contributed by atoms with Crippen LogP contribution in [0.15, 0.2) is 34.3 Å². The first-order chi connectivity index (χ1) is 6.77. The van der Waals surface area contributed by atoms with Crippen molar-refractivity contribution in [1.29, 1.82) is 0 Å². The smallest absolute Gasteiger partial charge is 0.158 e. The lowest BCUT2D eigenvalue weighted by Crippen LogP contribution is -2.22. The van der Waals surface area contributed by atoms with Gasteiger partial charge in [0.25, 0.3) is 0 Å². The number of para-hydroxylation sites is 1. The highest BCUT2D eigenvalue weighted by atomic mass is 32.2. The van der Waals surface area contributed by atoms with Crippen molar-refractivity contribution in [2.75, 3.05) is 18.1 Å². The van der Waals surface area contributed by atoms with Crippen molar-refractivity contribution in [3.8, 4) is 0 Å². The van der Waals surface area contributed by atoms with Gasteiger partial charge in [0.05, 0.1) is 6.54 Å². The molecule has 0 fully saturated rings. The van der Waals surface area contributed by atoms with Crippen LogP contribution in [0.1, 0.15) is 0 Å². The quantitative estimate of drug-likeness (QED) is 0.232. The number of hydrogen-bond acceptors (Lipinski definition) is 4. The van der Waals surface area contributed by atoms with Crippen molar-refractivity contribution in [2.45, 2.75) is 4.90 Å². The van der Waals surface area contributed by atoms with Gasteiger partial charge in [0.2, 0.25) is 0 Å². The Balaban J connectivity index is 2.66. The summed E-state index contributed by atoms with van der Waals surface area (Å²) in [5.74, 6) is 0.168. The summed E-state index contributed by atoms with van der Waals surface area (Å²) in [7, 11) is 0. The zero-order valence-corrected chi connectivity index (χ0v) is 8.71. The van der Waals surface area contributed by atoms with Crippen molar-refractivity contribution in [1.82, 2.24) is 0 Å². The van der Waals surface area contributed by atoms with Gasteiger partial charge in [0.15, 0.2) is 5.84 Å². The number of anilines is 1. The van der Waals surface area contributed by atoms with Crippen LogP contribution in [-0.2, 0) is 0 Å². The number of amidine groups is 1. The van der Waals surface area contributed by atoms with Crippen LogP contribution in [0.3, 0.4) is 0 Å². The molecule has 14 heavy (non-hydrogen) atoms. The molecule has 0 aromatic heterocycles. The summed E-state index contributed by atoms with van der Waals surface area (Å²) in [4.78, 5) is 1.14. The summed E-state index contributed by atoms with van der Waals surface area (Å²) < 4.78 is 0. The third-order valence-electron chi connectivity index (χ3n) is 1.70. The number of hydrogen-bond donors (Lipinski definition) is 3. The Kier molecular flexibility index (Phi) is 4.12. The fraction of sp³-hybridized carbons (Fsp3) is 0.222. The molecular weight excluding hydrogens is 198 g/mol. The van der Waals surface area contributed by atoms with E-state index < -0.39 is 0 Å². The van der Waals surface area contributed by atoms with Gasteiger partial charge in [-0.05, 0) is 18.4 Å². The molecule has 0 unspecified atom stereocenters. The Morgan fingerprint density at radius 2 is 2.29 bits per heavy atom. The fourth-order valence-corrected chi connectivity index (χ4v) is 1.59. The summed E-state index contributed by atoms with van der Waals surface area (Å²) in [6.45, 7) is 0.341. The number of nitrogens with zero attached hydrogens (tertiary/aromatic N) is 1. The minimum Gasteiger partial charge on any atom is -0.409 e. The highest BCUT2D eigenvalue weighted by Crippen LogP contribution is 2.24. The molecule has 4 N–H and O–H groups in total. The zero-order chi connectivity index (χ0) is 10.4. The Labute approximate surface area is 87.2 Å². The number of nitrogens with two attached hydrogens (primary N) is 1. The topological polar surface area (TPSA) is 70.6 Å². The molecule has 0 bridgehead atoms. The summed E-state index contributed by atoms with van der Waals surface area (Å²) >= 11 is 1.65. The number of benzene rings is 1. The Morgan fingerprint density at radius 1 is 1.57 bits per heavy atom. The van der Waals surface area contributed by atoms with E-state index in [1.807, 2.05) is 30.5 Å². The Hall–Kier alpha value is -1.36. The van der Waals surface area contributed by atoms with Gasteiger partial charge in [-0.15, -0.1) is 11.8 Å². The number of rotatable bonds is 4. The minimum atomic E-state index is 0.168.